The van der Waals surface area contributed by atoms with Crippen LogP contribution in [0.3, 0.4) is 0 Å². The quantitative estimate of drug-likeness (QED) is 0.614. The lowest BCUT2D eigenvalue weighted by atomic mass is 10.00. The summed E-state index contributed by atoms with van der Waals surface area (Å²) in [4.78, 5) is 20.6. The molecule has 0 N–H and O–H groups in total. The molecular formula is C16H8ClF3N4OS. The summed E-state index contributed by atoms with van der Waals surface area (Å²) >= 11 is 7.37. The Bertz CT molecular complexity index is 1030. The third-order valence-electron chi connectivity index (χ3n) is 3.48. The lowest BCUT2D eigenvalue weighted by molar-refractivity contribution is -0.137. The molecule has 132 valence electrons. The molecule has 3 aromatic rings. The average Bonchev–Trinajstić information content (AvgIpc) is 3.14. The number of imidazole rings is 1. The molecule has 1 unspecified atom stereocenters. The van der Waals surface area contributed by atoms with Crippen molar-refractivity contribution in [1.29, 1.82) is 5.26 Å². The van der Waals surface area contributed by atoms with Gasteiger partial charge in [-0.3, -0.25) is 14.2 Å². The Morgan fingerprint density at radius 2 is 2.19 bits per heavy atom. The predicted octanol–water partition coefficient (Wildman–Crippen LogP) is 4.35. The smallest absolute Gasteiger partial charge is 0.293 e. The highest BCUT2D eigenvalue weighted by atomic mass is 35.5. The van der Waals surface area contributed by atoms with Crippen molar-refractivity contribution in [2.24, 2.45) is 0 Å². The highest BCUT2D eigenvalue weighted by Gasteiger charge is 2.31. The topological polar surface area (TPSA) is 71.0 Å². The van der Waals surface area contributed by atoms with Gasteiger partial charge >= 0.3 is 6.18 Å². The fourth-order valence-corrected chi connectivity index (χ4v) is 3.21. The highest BCUT2D eigenvalue weighted by molar-refractivity contribution is 7.15. The van der Waals surface area contributed by atoms with Crippen molar-refractivity contribution in [2.45, 2.75) is 12.1 Å². The molecule has 0 bridgehead atoms. The van der Waals surface area contributed by atoms with E-state index in [0.717, 1.165) is 18.2 Å². The zero-order chi connectivity index (χ0) is 18.9. The Hall–Kier alpha value is -2.70. The molecule has 0 aliphatic heterocycles. The Morgan fingerprint density at radius 1 is 1.42 bits per heavy atom. The number of nitrogens with zero attached hydrogens (tertiary/aromatic N) is 4. The van der Waals surface area contributed by atoms with Crippen molar-refractivity contribution in [2.75, 3.05) is 0 Å². The molecule has 0 radical (unpaired) electrons. The third-order valence-corrected chi connectivity index (χ3v) is 4.52. The Labute approximate surface area is 154 Å². The van der Waals surface area contributed by atoms with E-state index < -0.39 is 23.4 Å². The summed E-state index contributed by atoms with van der Waals surface area (Å²) in [5.41, 5.74) is -0.546. The summed E-state index contributed by atoms with van der Waals surface area (Å²) < 4.78 is 39.4. The van der Waals surface area contributed by atoms with Crippen LogP contribution in [0.4, 0.5) is 13.2 Å². The van der Waals surface area contributed by atoms with E-state index in [1.807, 2.05) is 0 Å². The Kier molecular flexibility index (Phi) is 4.80. The summed E-state index contributed by atoms with van der Waals surface area (Å²) in [6, 6.07) is 3.56. The number of alkyl halides is 3. The number of rotatable bonds is 4. The first-order valence-electron chi connectivity index (χ1n) is 7.07. The average molecular weight is 397 g/mol. The van der Waals surface area contributed by atoms with Crippen molar-refractivity contribution >= 4 is 39.8 Å². The Morgan fingerprint density at radius 3 is 2.81 bits per heavy atom. The molecule has 5 nitrogen and oxygen atoms in total. The second-order valence-corrected chi connectivity index (χ2v) is 6.34. The largest absolute Gasteiger partial charge is 0.417 e. The number of hydrogen-bond acceptors (Lipinski definition) is 5. The van der Waals surface area contributed by atoms with Gasteiger partial charge in [0, 0.05) is 17.8 Å². The van der Waals surface area contributed by atoms with E-state index in [0.29, 0.717) is 16.9 Å². The van der Waals surface area contributed by atoms with Gasteiger partial charge in [-0.25, -0.2) is 4.98 Å². The normalized spacial score (nSPS) is 13.2. The maximum Gasteiger partial charge on any atom is 0.417 e. The number of fused-ring (bicyclic) bond motifs is 1. The molecule has 0 aliphatic rings. The van der Waals surface area contributed by atoms with Crippen LogP contribution in [-0.4, -0.2) is 20.2 Å². The van der Waals surface area contributed by atoms with Crippen LogP contribution in [0.1, 0.15) is 22.9 Å². The van der Waals surface area contributed by atoms with E-state index in [1.165, 1.54) is 17.4 Å². The van der Waals surface area contributed by atoms with Gasteiger partial charge in [0.15, 0.2) is 21.8 Å². The van der Waals surface area contributed by atoms with Gasteiger partial charge in [0.25, 0.3) is 0 Å². The van der Waals surface area contributed by atoms with Crippen molar-refractivity contribution in [3.8, 4) is 6.07 Å². The fourth-order valence-electron chi connectivity index (χ4n) is 2.20. The van der Waals surface area contributed by atoms with Gasteiger partial charge in [-0.1, -0.05) is 11.6 Å². The number of allylic oxidation sites excluding steroid dienone is 1. The van der Waals surface area contributed by atoms with Gasteiger partial charge in [-0.05, 0) is 24.3 Å². The standard InChI is InChI=1S/C16H8ClF3N4OS/c17-14-12(24-5-6-26-15(24)23-14)3-4-13(25)10(7-21)11-2-1-9(8-22-11)16(18,19)20/h1-6,8,10H/b4-3+. The first kappa shape index (κ1) is 18.1. The van der Waals surface area contributed by atoms with E-state index in [4.69, 9.17) is 11.6 Å². The van der Waals surface area contributed by atoms with Crippen molar-refractivity contribution < 1.29 is 18.0 Å². The molecule has 10 heteroatoms. The molecule has 0 saturated heterocycles. The van der Waals surface area contributed by atoms with Gasteiger partial charge in [0.05, 0.1) is 23.0 Å². The second-order valence-electron chi connectivity index (χ2n) is 5.11. The maximum atomic E-state index is 12.6. The van der Waals surface area contributed by atoms with Gasteiger partial charge in [-0.2, -0.15) is 18.4 Å². The van der Waals surface area contributed by atoms with Crippen LogP contribution in [0.5, 0.6) is 0 Å². The number of thiazole rings is 1. The predicted molar refractivity (Wildman–Crippen MR) is 89.7 cm³/mol. The summed E-state index contributed by atoms with van der Waals surface area (Å²) in [5.74, 6) is -1.95. The number of carbonyl (C=O) groups is 1. The third kappa shape index (κ3) is 3.47. The van der Waals surface area contributed by atoms with Crippen LogP contribution in [0.2, 0.25) is 5.15 Å². The van der Waals surface area contributed by atoms with Crippen molar-refractivity contribution in [3.05, 3.63) is 58.1 Å². The lowest BCUT2D eigenvalue weighted by Crippen LogP contribution is -2.11. The van der Waals surface area contributed by atoms with Crippen LogP contribution < -0.4 is 0 Å². The van der Waals surface area contributed by atoms with Gasteiger partial charge < -0.3 is 0 Å². The molecule has 3 heterocycles. The zero-order valence-corrected chi connectivity index (χ0v) is 14.3. The Balaban J connectivity index is 1.84. The van der Waals surface area contributed by atoms with Crippen LogP contribution in [0.25, 0.3) is 11.0 Å². The maximum absolute atomic E-state index is 12.6. The van der Waals surface area contributed by atoms with E-state index in [9.17, 15) is 23.2 Å². The molecule has 1 atom stereocenters. The van der Waals surface area contributed by atoms with Crippen molar-refractivity contribution in [1.82, 2.24) is 14.4 Å². The first-order chi connectivity index (χ1) is 12.3. The first-order valence-corrected chi connectivity index (χ1v) is 8.32. The summed E-state index contributed by atoms with van der Waals surface area (Å²) in [6.45, 7) is 0. The lowest BCUT2D eigenvalue weighted by Gasteiger charge is -2.08. The molecule has 0 saturated carbocycles. The van der Waals surface area contributed by atoms with Crippen LogP contribution in [-0.2, 0) is 11.0 Å². The molecule has 3 rings (SSSR count). The van der Waals surface area contributed by atoms with Crippen molar-refractivity contribution in [3.63, 3.8) is 0 Å². The van der Waals surface area contributed by atoms with Gasteiger partial charge in [0.1, 0.15) is 0 Å². The highest BCUT2D eigenvalue weighted by Crippen LogP contribution is 2.29. The van der Waals surface area contributed by atoms with Crippen LogP contribution in [0.15, 0.2) is 36.0 Å². The molecule has 3 aromatic heterocycles. The number of carbonyl (C=O) groups excluding carboxylic acids is 1. The number of hydrogen-bond donors (Lipinski definition) is 0. The minimum Gasteiger partial charge on any atom is -0.293 e. The number of nitriles is 1. The fraction of sp³-hybridized carbons (Fsp3) is 0.125. The summed E-state index contributed by atoms with van der Waals surface area (Å²) in [7, 11) is 0. The molecule has 0 spiro atoms. The molecule has 0 fully saturated rings. The summed E-state index contributed by atoms with van der Waals surface area (Å²) in [6.07, 6.45) is 0.329. The number of ketones is 1. The minimum atomic E-state index is -4.54. The summed E-state index contributed by atoms with van der Waals surface area (Å²) in [5, 5.41) is 11.2. The number of pyridine rings is 1. The number of aromatic nitrogens is 3. The van der Waals surface area contributed by atoms with E-state index in [2.05, 4.69) is 9.97 Å². The van der Waals surface area contributed by atoms with E-state index >= 15 is 0 Å². The van der Waals surface area contributed by atoms with Gasteiger partial charge in [-0.15, -0.1) is 11.3 Å². The molecule has 26 heavy (non-hydrogen) atoms. The second kappa shape index (κ2) is 6.90. The van der Waals surface area contributed by atoms with E-state index in [1.54, 1.807) is 22.0 Å². The molecular weight excluding hydrogens is 389 g/mol. The zero-order valence-electron chi connectivity index (χ0n) is 12.7. The van der Waals surface area contributed by atoms with E-state index in [-0.39, 0.29) is 10.8 Å². The SMILES string of the molecule is N#CC(C(=O)/C=C/c1c(Cl)nc2sccn12)c1ccc(C(F)(F)F)cn1. The molecule has 0 aliphatic carbocycles. The monoisotopic (exact) mass is 396 g/mol. The van der Waals surface area contributed by atoms with Gasteiger partial charge in [0.2, 0.25) is 0 Å². The van der Waals surface area contributed by atoms with Crippen LogP contribution in [0, 0.1) is 11.3 Å². The molecule has 0 amide bonds. The van der Waals surface area contributed by atoms with Crippen LogP contribution >= 0.6 is 22.9 Å². The number of halogens is 4. The minimum absolute atomic E-state index is 0.0600. The molecule has 0 aromatic carbocycles.